The predicted molar refractivity (Wildman–Crippen MR) is 64.6 cm³/mol. The Bertz CT molecular complexity index is 455. The fourth-order valence-electron chi connectivity index (χ4n) is 3.58. The van der Waals surface area contributed by atoms with Gasteiger partial charge in [0.15, 0.2) is 0 Å². The summed E-state index contributed by atoms with van der Waals surface area (Å²) in [4.78, 5) is 3.98. The average molecular weight is 250 g/mol. The highest BCUT2D eigenvalue weighted by Crippen LogP contribution is 2.59. The molecule has 90 valence electrons. The Morgan fingerprint density at radius 2 is 2.41 bits per heavy atom. The summed E-state index contributed by atoms with van der Waals surface area (Å²) in [5.74, 6) is 1.33. The molecule has 0 N–H and O–H groups in total. The monoisotopic (exact) mass is 250 g/mol. The van der Waals surface area contributed by atoms with Crippen molar-refractivity contribution in [1.29, 1.82) is 0 Å². The topological polar surface area (TPSA) is 39.6 Å². The van der Waals surface area contributed by atoms with Crippen molar-refractivity contribution in [3.8, 4) is 0 Å². The molecule has 2 heterocycles. The number of hydrogen-bond donors (Lipinski definition) is 0. The van der Waals surface area contributed by atoms with Crippen LogP contribution in [0.5, 0.6) is 0 Å². The Morgan fingerprint density at radius 1 is 1.53 bits per heavy atom. The molecule has 2 saturated carbocycles. The summed E-state index contributed by atoms with van der Waals surface area (Å²) < 4.78 is 13.5. The lowest BCUT2D eigenvalue weighted by atomic mass is 9.86. The average Bonchev–Trinajstić information content (AvgIpc) is 2.77. The van der Waals surface area contributed by atoms with E-state index in [4.69, 9.17) is 21.7 Å². The molecule has 4 rings (SSSR count). The third kappa shape index (κ3) is 1.32. The first-order chi connectivity index (χ1) is 8.29. The summed E-state index contributed by atoms with van der Waals surface area (Å²) in [5, 5.41) is 0.495. The van der Waals surface area contributed by atoms with Crippen LogP contribution in [-0.2, 0) is 9.47 Å². The van der Waals surface area contributed by atoms with Crippen LogP contribution in [0.2, 0.25) is 0 Å². The number of hydrogen-bond acceptors (Lipinski definition) is 4. The first kappa shape index (κ1) is 10.0. The standard InChI is InChI=1S/C12H14N2O2S/c17-11(14-4-3-13-7-14)16-10-8-1-2-9(5-8)12(10)6-15-12/h3-4,7-10H,1-2,5-6H2. The fourth-order valence-corrected chi connectivity index (χ4v) is 3.79. The molecule has 5 heteroatoms. The number of nitrogens with zero attached hydrogens (tertiary/aromatic N) is 2. The van der Waals surface area contributed by atoms with Crippen LogP contribution in [0.1, 0.15) is 19.3 Å². The molecule has 3 fully saturated rings. The van der Waals surface area contributed by atoms with Gasteiger partial charge in [0.05, 0.1) is 6.61 Å². The Balaban J connectivity index is 1.55. The minimum Gasteiger partial charge on any atom is -0.464 e. The molecule has 1 aromatic rings. The van der Waals surface area contributed by atoms with E-state index in [2.05, 4.69) is 4.98 Å². The van der Waals surface area contributed by atoms with E-state index < -0.39 is 0 Å². The van der Waals surface area contributed by atoms with Crippen molar-refractivity contribution in [2.75, 3.05) is 6.61 Å². The number of fused-ring (bicyclic) bond motifs is 3. The number of rotatable bonds is 1. The molecular weight excluding hydrogens is 236 g/mol. The maximum Gasteiger partial charge on any atom is 0.269 e. The minimum atomic E-state index is 0.00750. The van der Waals surface area contributed by atoms with Crippen LogP contribution >= 0.6 is 12.2 Å². The van der Waals surface area contributed by atoms with Crippen LogP contribution in [0, 0.1) is 11.8 Å². The highest BCUT2D eigenvalue weighted by Gasteiger charge is 2.68. The van der Waals surface area contributed by atoms with Crippen molar-refractivity contribution in [1.82, 2.24) is 9.55 Å². The number of epoxide rings is 1. The maximum absolute atomic E-state index is 6.00. The second kappa shape index (κ2) is 3.29. The van der Waals surface area contributed by atoms with Crippen molar-refractivity contribution in [3.05, 3.63) is 18.7 Å². The van der Waals surface area contributed by atoms with Gasteiger partial charge in [0.25, 0.3) is 5.17 Å². The molecule has 0 aromatic carbocycles. The van der Waals surface area contributed by atoms with E-state index in [0.717, 1.165) is 6.61 Å². The first-order valence-corrected chi connectivity index (χ1v) is 6.53. The highest BCUT2D eigenvalue weighted by molar-refractivity contribution is 7.80. The molecule has 0 radical (unpaired) electrons. The molecular formula is C12H14N2O2S. The second-order valence-electron chi connectivity index (χ2n) is 5.29. The van der Waals surface area contributed by atoms with Gasteiger partial charge >= 0.3 is 0 Å². The van der Waals surface area contributed by atoms with E-state index >= 15 is 0 Å². The Morgan fingerprint density at radius 3 is 3.12 bits per heavy atom. The summed E-state index contributed by atoms with van der Waals surface area (Å²) in [7, 11) is 0. The fraction of sp³-hybridized carbons (Fsp3) is 0.667. The predicted octanol–water partition coefficient (Wildman–Crippen LogP) is 1.60. The lowest BCUT2D eigenvalue weighted by molar-refractivity contribution is 0.0418. The van der Waals surface area contributed by atoms with Crippen LogP contribution in [0.3, 0.4) is 0 Å². The van der Waals surface area contributed by atoms with Gasteiger partial charge in [-0.2, -0.15) is 0 Å². The van der Waals surface area contributed by atoms with Crippen LogP contribution in [0.15, 0.2) is 18.7 Å². The zero-order valence-electron chi connectivity index (χ0n) is 9.41. The van der Waals surface area contributed by atoms with Gasteiger partial charge in [0.1, 0.15) is 18.0 Å². The molecule has 1 spiro atoms. The maximum atomic E-state index is 6.00. The molecule has 0 amide bonds. The van der Waals surface area contributed by atoms with E-state index in [1.165, 1.54) is 19.3 Å². The Hall–Kier alpha value is -0.940. The summed E-state index contributed by atoms with van der Waals surface area (Å²) in [6.45, 7) is 0.853. The normalized spacial score (nSPS) is 42.0. The van der Waals surface area contributed by atoms with Gasteiger partial charge in [0.2, 0.25) is 0 Å². The largest absolute Gasteiger partial charge is 0.464 e. The number of thiocarbonyl (C=S) groups is 1. The van der Waals surface area contributed by atoms with Crippen LogP contribution in [0.4, 0.5) is 0 Å². The molecule has 1 aliphatic heterocycles. The summed E-state index contributed by atoms with van der Waals surface area (Å²) in [6.07, 6.45) is 9.16. The first-order valence-electron chi connectivity index (χ1n) is 6.12. The smallest absolute Gasteiger partial charge is 0.269 e. The quantitative estimate of drug-likeness (QED) is 0.560. The van der Waals surface area contributed by atoms with Gasteiger partial charge < -0.3 is 9.47 Å². The molecule has 1 aromatic heterocycles. The number of ether oxygens (including phenoxy) is 2. The van der Waals surface area contributed by atoms with Gasteiger partial charge in [-0.1, -0.05) is 0 Å². The highest BCUT2D eigenvalue weighted by atomic mass is 32.1. The van der Waals surface area contributed by atoms with Crippen molar-refractivity contribution >= 4 is 17.4 Å². The number of aromatic nitrogens is 2. The summed E-state index contributed by atoms with van der Waals surface area (Å²) in [6, 6.07) is 0. The third-order valence-electron chi connectivity index (χ3n) is 4.49. The van der Waals surface area contributed by atoms with E-state index in [1.807, 2.05) is 6.20 Å². The van der Waals surface area contributed by atoms with Gasteiger partial charge in [-0.15, -0.1) is 0 Å². The van der Waals surface area contributed by atoms with Crippen LogP contribution in [0.25, 0.3) is 0 Å². The van der Waals surface area contributed by atoms with Crippen molar-refractivity contribution in [2.45, 2.75) is 31.0 Å². The zero-order valence-corrected chi connectivity index (χ0v) is 10.2. The Kier molecular flexibility index (Phi) is 1.94. The molecule has 4 nitrogen and oxygen atoms in total. The van der Waals surface area contributed by atoms with Crippen LogP contribution < -0.4 is 0 Å². The molecule has 2 bridgehead atoms. The van der Waals surface area contributed by atoms with Crippen molar-refractivity contribution in [3.63, 3.8) is 0 Å². The van der Waals surface area contributed by atoms with E-state index in [9.17, 15) is 0 Å². The van der Waals surface area contributed by atoms with E-state index in [-0.39, 0.29) is 11.7 Å². The zero-order chi connectivity index (χ0) is 11.5. The van der Waals surface area contributed by atoms with Crippen molar-refractivity contribution in [2.24, 2.45) is 11.8 Å². The third-order valence-corrected chi connectivity index (χ3v) is 4.80. The van der Waals surface area contributed by atoms with E-state index in [1.54, 1.807) is 17.1 Å². The minimum absolute atomic E-state index is 0.00750. The lowest BCUT2D eigenvalue weighted by Crippen LogP contribution is -2.40. The molecule has 3 aliphatic rings. The number of imidazole rings is 1. The second-order valence-corrected chi connectivity index (χ2v) is 5.64. The van der Waals surface area contributed by atoms with Gasteiger partial charge in [-0.25, -0.2) is 4.98 Å². The molecule has 4 unspecified atom stereocenters. The van der Waals surface area contributed by atoms with E-state index in [0.29, 0.717) is 17.0 Å². The molecule has 17 heavy (non-hydrogen) atoms. The van der Waals surface area contributed by atoms with Gasteiger partial charge in [-0.05, 0) is 43.3 Å². The Labute approximate surface area is 105 Å². The van der Waals surface area contributed by atoms with Crippen molar-refractivity contribution < 1.29 is 9.47 Å². The summed E-state index contributed by atoms with van der Waals surface area (Å²) >= 11 is 5.30. The lowest BCUT2D eigenvalue weighted by Gasteiger charge is -2.28. The molecule has 2 aliphatic carbocycles. The van der Waals surface area contributed by atoms with Crippen LogP contribution in [-0.4, -0.2) is 33.0 Å². The van der Waals surface area contributed by atoms with Gasteiger partial charge in [0, 0.05) is 12.4 Å². The molecule has 1 saturated heterocycles. The molecule has 4 atom stereocenters. The SMILES string of the molecule is S=C(OC1C2CCC(C2)C12CO2)n1ccnc1. The summed E-state index contributed by atoms with van der Waals surface area (Å²) in [5.41, 5.74) is 0.00750. The van der Waals surface area contributed by atoms with Gasteiger partial charge in [-0.3, -0.25) is 4.57 Å².